The zero-order valence-electron chi connectivity index (χ0n) is 11.8. The first-order valence-corrected chi connectivity index (χ1v) is 7.04. The number of rotatable bonds is 4. The topological polar surface area (TPSA) is 79.4 Å². The molecule has 1 heterocycles. The van der Waals surface area contributed by atoms with Gasteiger partial charge in [-0.25, -0.2) is 0 Å². The number of carboxylic acid groups (broad SMARTS) is 1. The van der Waals surface area contributed by atoms with E-state index in [9.17, 15) is 14.7 Å². The molecule has 3 rings (SSSR count). The van der Waals surface area contributed by atoms with Crippen molar-refractivity contribution in [3.05, 3.63) is 30.0 Å². The Morgan fingerprint density at radius 3 is 2.76 bits per heavy atom. The maximum atomic E-state index is 12.7. The number of benzene rings is 1. The number of ether oxygens (including phenoxy) is 1. The van der Waals surface area contributed by atoms with Crippen LogP contribution < -0.4 is 4.74 Å². The highest BCUT2D eigenvalue weighted by Gasteiger charge is 2.38. The van der Waals surface area contributed by atoms with Crippen LogP contribution in [-0.4, -0.2) is 29.0 Å². The molecule has 1 fully saturated rings. The number of methoxy groups -OCH3 is 1. The normalized spacial score (nSPS) is 21.6. The standard InChI is InChI=1S/C16H17NO4/c1-21-9-5-6-14-12(7-9)13(8-17-14)15(18)10-3-2-4-11(10)16(19)20/h5-8,10-11,17H,2-4H2,1H3,(H,19,20). The van der Waals surface area contributed by atoms with Crippen LogP contribution in [0, 0.1) is 11.8 Å². The van der Waals surface area contributed by atoms with Gasteiger partial charge in [0.1, 0.15) is 5.75 Å². The van der Waals surface area contributed by atoms with E-state index in [1.54, 1.807) is 13.3 Å². The molecule has 0 spiro atoms. The van der Waals surface area contributed by atoms with Crippen LogP contribution in [0.3, 0.4) is 0 Å². The first-order chi connectivity index (χ1) is 10.1. The summed E-state index contributed by atoms with van der Waals surface area (Å²) in [5.41, 5.74) is 1.41. The highest BCUT2D eigenvalue weighted by atomic mass is 16.5. The van der Waals surface area contributed by atoms with Gasteiger partial charge in [0.25, 0.3) is 0 Å². The summed E-state index contributed by atoms with van der Waals surface area (Å²) in [6, 6.07) is 5.49. The number of aromatic amines is 1. The van der Waals surface area contributed by atoms with Crippen molar-refractivity contribution in [1.82, 2.24) is 4.98 Å². The molecule has 21 heavy (non-hydrogen) atoms. The molecule has 0 amide bonds. The Hall–Kier alpha value is -2.30. The molecule has 1 aliphatic rings. The Balaban J connectivity index is 1.99. The van der Waals surface area contributed by atoms with E-state index in [1.165, 1.54) is 0 Å². The predicted octanol–water partition coefficient (Wildman–Crippen LogP) is 2.86. The minimum absolute atomic E-state index is 0.0839. The van der Waals surface area contributed by atoms with Crippen molar-refractivity contribution in [3.63, 3.8) is 0 Å². The van der Waals surface area contributed by atoms with Crippen molar-refractivity contribution in [2.75, 3.05) is 7.11 Å². The second-order valence-electron chi connectivity index (χ2n) is 5.46. The van der Waals surface area contributed by atoms with Crippen LogP contribution in [0.15, 0.2) is 24.4 Å². The third-order valence-corrected chi connectivity index (χ3v) is 4.32. The number of aliphatic carboxylic acids is 1. The quantitative estimate of drug-likeness (QED) is 0.847. The van der Waals surface area contributed by atoms with Gasteiger partial charge in [-0.05, 0) is 31.0 Å². The van der Waals surface area contributed by atoms with E-state index in [-0.39, 0.29) is 5.78 Å². The van der Waals surface area contributed by atoms with Gasteiger partial charge in [-0.3, -0.25) is 9.59 Å². The Morgan fingerprint density at radius 1 is 1.29 bits per heavy atom. The molecule has 1 aromatic carbocycles. The van der Waals surface area contributed by atoms with E-state index in [2.05, 4.69) is 4.98 Å². The number of Topliss-reactive ketones (excluding diaryl/α,β-unsaturated/α-hetero) is 1. The van der Waals surface area contributed by atoms with E-state index < -0.39 is 17.8 Å². The molecule has 5 nitrogen and oxygen atoms in total. The predicted molar refractivity (Wildman–Crippen MR) is 77.6 cm³/mol. The van der Waals surface area contributed by atoms with Gasteiger partial charge in [-0.1, -0.05) is 6.42 Å². The van der Waals surface area contributed by atoms with Gasteiger partial charge in [0.2, 0.25) is 0 Å². The fraction of sp³-hybridized carbons (Fsp3) is 0.375. The van der Waals surface area contributed by atoms with Crippen LogP contribution in [0.5, 0.6) is 5.75 Å². The molecule has 0 bridgehead atoms. The number of carbonyl (C=O) groups is 2. The number of carboxylic acids is 1. The molecule has 1 saturated carbocycles. The number of hydrogen-bond donors (Lipinski definition) is 2. The first-order valence-electron chi connectivity index (χ1n) is 7.04. The number of nitrogens with one attached hydrogen (secondary N) is 1. The maximum absolute atomic E-state index is 12.7. The van der Waals surface area contributed by atoms with Crippen LogP contribution in [0.2, 0.25) is 0 Å². The van der Waals surface area contributed by atoms with Crippen molar-refractivity contribution in [2.24, 2.45) is 11.8 Å². The van der Waals surface area contributed by atoms with Gasteiger partial charge < -0.3 is 14.8 Å². The Labute approximate surface area is 121 Å². The molecule has 2 atom stereocenters. The number of H-pyrrole nitrogens is 1. The van der Waals surface area contributed by atoms with Crippen LogP contribution in [-0.2, 0) is 4.79 Å². The summed E-state index contributed by atoms with van der Waals surface area (Å²) < 4.78 is 5.19. The fourth-order valence-electron chi connectivity index (χ4n) is 3.20. The third-order valence-electron chi connectivity index (χ3n) is 4.32. The second kappa shape index (κ2) is 5.24. The lowest BCUT2D eigenvalue weighted by Gasteiger charge is -2.14. The van der Waals surface area contributed by atoms with E-state index >= 15 is 0 Å². The number of fused-ring (bicyclic) bond motifs is 1. The summed E-state index contributed by atoms with van der Waals surface area (Å²) in [7, 11) is 1.58. The Bertz CT molecular complexity index is 703. The summed E-state index contributed by atoms with van der Waals surface area (Å²) in [4.78, 5) is 27.0. The van der Waals surface area contributed by atoms with Gasteiger partial charge in [-0.15, -0.1) is 0 Å². The molecular formula is C16H17NO4. The van der Waals surface area contributed by atoms with Crippen molar-refractivity contribution in [1.29, 1.82) is 0 Å². The van der Waals surface area contributed by atoms with Gasteiger partial charge in [-0.2, -0.15) is 0 Å². The van der Waals surface area contributed by atoms with Crippen LogP contribution >= 0.6 is 0 Å². The summed E-state index contributed by atoms with van der Waals surface area (Å²) >= 11 is 0. The van der Waals surface area contributed by atoms with Gasteiger partial charge in [0.05, 0.1) is 13.0 Å². The highest BCUT2D eigenvalue weighted by molar-refractivity contribution is 6.10. The van der Waals surface area contributed by atoms with Gasteiger partial charge in [0.15, 0.2) is 5.78 Å². The summed E-state index contributed by atoms with van der Waals surface area (Å²) in [5, 5.41) is 10.0. The van der Waals surface area contributed by atoms with Crippen molar-refractivity contribution < 1.29 is 19.4 Å². The average molecular weight is 287 g/mol. The van der Waals surface area contributed by atoms with E-state index in [0.29, 0.717) is 24.2 Å². The lowest BCUT2D eigenvalue weighted by molar-refractivity contribution is -0.142. The Kier molecular flexibility index (Phi) is 3.41. The minimum Gasteiger partial charge on any atom is -0.497 e. The summed E-state index contributed by atoms with van der Waals surface area (Å²) in [6.45, 7) is 0. The van der Waals surface area contributed by atoms with E-state index in [0.717, 1.165) is 17.3 Å². The summed E-state index contributed by atoms with van der Waals surface area (Å²) in [5.74, 6) is -1.26. The lowest BCUT2D eigenvalue weighted by Crippen LogP contribution is -2.25. The molecule has 2 unspecified atom stereocenters. The molecule has 1 aliphatic carbocycles. The van der Waals surface area contributed by atoms with Crippen LogP contribution in [0.4, 0.5) is 0 Å². The highest BCUT2D eigenvalue weighted by Crippen LogP contribution is 2.36. The summed E-state index contributed by atoms with van der Waals surface area (Å²) in [6.07, 6.45) is 3.69. The zero-order valence-corrected chi connectivity index (χ0v) is 11.8. The van der Waals surface area contributed by atoms with Crippen LogP contribution in [0.25, 0.3) is 10.9 Å². The maximum Gasteiger partial charge on any atom is 0.307 e. The largest absolute Gasteiger partial charge is 0.497 e. The smallest absolute Gasteiger partial charge is 0.307 e. The molecule has 2 N–H and O–H groups in total. The number of ketones is 1. The zero-order chi connectivity index (χ0) is 15.0. The second-order valence-corrected chi connectivity index (χ2v) is 5.46. The monoisotopic (exact) mass is 287 g/mol. The molecular weight excluding hydrogens is 270 g/mol. The number of carbonyl (C=O) groups excluding carboxylic acids is 1. The number of hydrogen-bond acceptors (Lipinski definition) is 3. The van der Waals surface area contributed by atoms with E-state index in [1.807, 2.05) is 18.2 Å². The molecule has 5 heteroatoms. The first kappa shape index (κ1) is 13.7. The molecule has 0 aliphatic heterocycles. The average Bonchev–Trinajstić information content (AvgIpc) is 3.12. The minimum atomic E-state index is -0.872. The van der Waals surface area contributed by atoms with Crippen molar-refractivity contribution in [3.8, 4) is 5.75 Å². The van der Waals surface area contributed by atoms with E-state index in [4.69, 9.17) is 4.74 Å². The van der Waals surface area contributed by atoms with Crippen molar-refractivity contribution in [2.45, 2.75) is 19.3 Å². The molecule has 110 valence electrons. The van der Waals surface area contributed by atoms with Gasteiger partial charge in [0, 0.05) is 28.6 Å². The van der Waals surface area contributed by atoms with Gasteiger partial charge >= 0.3 is 5.97 Å². The Morgan fingerprint density at radius 2 is 2.05 bits per heavy atom. The molecule has 2 aromatic rings. The number of aromatic nitrogens is 1. The fourth-order valence-corrected chi connectivity index (χ4v) is 3.20. The molecule has 0 saturated heterocycles. The SMILES string of the molecule is COc1ccc2[nH]cc(C(=O)C3CCCC3C(=O)O)c2c1. The third kappa shape index (κ3) is 2.28. The van der Waals surface area contributed by atoms with Crippen molar-refractivity contribution >= 4 is 22.7 Å². The van der Waals surface area contributed by atoms with Crippen LogP contribution in [0.1, 0.15) is 29.6 Å². The molecule has 0 radical (unpaired) electrons. The lowest BCUT2D eigenvalue weighted by atomic mass is 9.88. The molecule has 1 aromatic heterocycles.